The zero-order valence-electron chi connectivity index (χ0n) is 9.49. The van der Waals surface area contributed by atoms with Crippen molar-refractivity contribution in [1.82, 2.24) is 5.48 Å². The number of rotatable bonds is 3. The largest absolute Gasteiger partial charge is 0.480 e. The van der Waals surface area contributed by atoms with Gasteiger partial charge in [-0.05, 0) is 25.2 Å². The standard InChI is InChI=1S/C7H13NO2.C3H9NO/c1-5-3-2-4-7(5,8)6(9)10;1-2-3-4-5/h5H,2-4,8H2,1H3,(H,9,10);4-5H,2-3H2,1H3. The Kier molecular flexibility index (Phi) is 6.47. The van der Waals surface area contributed by atoms with Crippen LogP contribution >= 0.6 is 0 Å². The molecule has 1 aliphatic rings. The number of nitrogens with one attached hydrogen (secondary N) is 1. The van der Waals surface area contributed by atoms with Gasteiger partial charge in [0.1, 0.15) is 5.54 Å². The molecule has 5 heteroatoms. The molecule has 0 aromatic carbocycles. The third kappa shape index (κ3) is 4.15. The third-order valence-corrected chi connectivity index (χ3v) is 2.87. The predicted octanol–water partition coefficient (Wildman–Crippen LogP) is 0.964. The summed E-state index contributed by atoms with van der Waals surface area (Å²) < 4.78 is 0. The van der Waals surface area contributed by atoms with Crippen molar-refractivity contribution in [2.24, 2.45) is 11.7 Å². The number of nitrogens with two attached hydrogens (primary N) is 1. The van der Waals surface area contributed by atoms with E-state index in [1.54, 1.807) is 0 Å². The molecule has 0 bridgehead atoms. The number of hydrogen-bond donors (Lipinski definition) is 4. The SMILES string of the molecule is CC1CCCC1(N)C(=O)O.CCCNO. The number of aliphatic carboxylic acids is 1. The van der Waals surface area contributed by atoms with E-state index in [-0.39, 0.29) is 5.92 Å². The van der Waals surface area contributed by atoms with Crippen LogP contribution in [0.3, 0.4) is 0 Å². The summed E-state index contributed by atoms with van der Waals surface area (Å²) in [5.41, 5.74) is 6.73. The second kappa shape index (κ2) is 6.76. The summed E-state index contributed by atoms with van der Waals surface area (Å²) in [7, 11) is 0. The maximum Gasteiger partial charge on any atom is 0.323 e. The van der Waals surface area contributed by atoms with E-state index in [1.807, 2.05) is 19.3 Å². The molecule has 0 radical (unpaired) electrons. The Morgan fingerprint density at radius 3 is 2.40 bits per heavy atom. The van der Waals surface area contributed by atoms with E-state index in [0.29, 0.717) is 13.0 Å². The van der Waals surface area contributed by atoms with Crippen LogP contribution in [0.1, 0.15) is 39.5 Å². The molecular formula is C10H22N2O3. The van der Waals surface area contributed by atoms with Crippen LogP contribution < -0.4 is 11.2 Å². The lowest BCUT2D eigenvalue weighted by atomic mass is 9.90. The van der Waals surface area contributed by atoms with E-state index >= 15 is 0 Å². The molecule has 0 amide bonds. The van der Waals surface area contributed by atoms with E-state index in [4.69, 9.17) is 16.0 Å². The van der Waals surface area contributed by atoms with Gasteiger partial charge in [0.2, 0.25) is 0 Å². The zero-order valence-corrected chi connectivity index (χ0v) is 9.49. The van der Waals surface area contributed by atoms with Crippen LogP contribution in [-0.2, 0) is 4.79 Å². The highest BCUT2D eigenvalue weighted by Gasteiger charge is 2.43. The van der Waals surface area contributed by atoms with Crippen molar-refractivity contribution in [2.45, 2.75) is 45.1 Å². The van der Waals surface area contributed by atoms with Crippen molar-refractivity contribution in [3.8, 4) is 0 Å². The lowest BCUT2D eigenvalue weighted by molar-refractivity contribution is -0.144. The molecule has 1 aliphatic carbocycles. The van der Waals surface area contributed by atoms with Gasteiger partial charge in [-0.25, -0.2) is 5.48 Å². The first-order valence-corrected chi connectivity index (χ1v) is 5.38. The van der Waals surface area contributed by atoms with Gasteiger partial charge in [0.15, 0.2) is 0 Å². The van der Waals surface area contributed by atoms with Crippen molar-refractivity contribution in [1.29, 1.82) is 0 Å². The van der Waals surface area contributed by atoms with Crippen molar-refractivity contribution < 1.29 is 15.1 Å². The second-order valence-corrected chi connectivity index (χ2v) is 4.05. The molecule has 0 aromatic heterocycles. The normalized spacial score (nSPS) is 29.5. The average molecular weight is 218 g/mol. The summed E-state index contributed by atoms with van der Waals surface area (Å²) in [6.07, 6.45) is 3.51. The third-order valence-electron chi connectivity index (χ3n) is 2.87. The molecule has 5 nitrogen and oxygen atoms in total. The summed E-state index contributed by atoms with van der Waals surface area (Å²) in [5, 5.41) is 16.5. The Bertz CT molecular complexity index is 197. The molecule has 0 spiro atoms. The molecule has 2 unspecified atom stereocenters. The fourth-order valence-electron chi connectivity index (χ4n) is 1.63. The van der Waals surface area contributed by atoms with E-state index in [2.05, 4.69) is 0 Å². The summed E-state index contributed by atoms with van der Waals surface area (Å²) in [5.74, 6) is -0.720. The van der Waals surface area contributed by atoms with Gasteiger partial charge in [-0.3, -0.25) is 4.79 Å². The number of hydroxylamine groups is 1. The highest BCUT2D eigenvalue weighted by Crippen LogP contribution is 2.33. The molecule has 90 valence electrons. The Morgan fingerprint density at radius 2 is 2.27 bits per heavy atom. The number of carbonyl (C=O) groups is 1. The van der Waals surface area contributed by atoms with Crippen LogP contribution in [0.15, 0.2) is 0 Å². The molecule has 15 heavy (non-hydrogen) atoms. The van der Waals surface area contributed by atoms with Crippen LogP contribution in [0.5, 0.6) is 0 Å². The minimum absolute atomic E-state index is 0.130. The Hall–Kier alpha value is -0.650. The quantitative estimate of drug-likeness (QED) is 0.529. The first-order valence-electron chi connectivity index (χ1n) is 5.38. The van der Waals surface area contributed by atoms with Gasteiger partial charge in [0.25, 0.3) is 0 Å². The second-order valence-electron chi connectivity index (χ2n) is 4.05. The van der Waals surface area contributed by atoms with Gasteiger partial charge in [-0.2, -0.15) is 0 Å². The van der Waals surface area contributed by atoms with Gasteiger partial charge in [0.05, 0.1) is 0 Å². The molecule has 5 N–H and O–H groups in total. The van der Waals surface area contributed by atoms with Gasteiger partial charge in [-0.15, -0.1) is 0 Å². The molecule has 1 fully saturated rings. The fourth-order valence-corrected chi connectivity index (χ4v) is 1.63. The zero-order chi connectivity index (χ0) is 11.9. The average Bonchev–Trinajstić information content (AvgIpc) is 2.51. The predicted molar refractivity (Wildman–Crippen MR) is 57.6 cm³/mol. The highest BCUT2D eigenvalue weighted by molar-refractivity contribution is 5.79. The maximum atomic E-state index is 10.6. The molecule has 0 aromatic rings. The minimum Gasteiger partial charge on any atom is -0.480 e. The van der Waals surface area contributed by atoms with Crippen LogP contribution in [0.25, 0.3) is 0 Å². The lowest BCUT2D eigenvalue weighted by Gasteiger charge is -2.22. The van der Waals surface area contributed by atoms with Gasteiger partial charge in [-0.1, -0.05) is 20.3 Å². The summed E-state index contributed by atoms with van der Waals surface area (Å²) in [6.45, 7) is 4.59. The highest BCUT2D eigenvalue weighted by atomic mass is 16.5. The molecular weight excluding hydrogens is 196 g/mol. The topological polar surface area (TPSA) is 95.6 Å². The van der Waals surface area contributed by atoms with E-state index in [0.717, 1.165) is 19.3 Å². The van der Waals surface area contributed by atoms with Gasteiger partial charge in [0, 0.05) is 6.54 Å². The molecule has 1 rings (SSSR count). The van der Waals surface area contributed by atoms with Crippen molar-refractivity contribution in [3.05, 3.63) is 0 Å². The molecule has 1 saturated carbocycles. The maximum absolute atomic E-state index is 10.6. The van der Waals surface area contributed by atoms with E-state index in [1.165, 1.54) is 0 Å². The molecule has 0 saturated heterocycles. The number of hydrogen-bond acceptors (Lipinski definition) is 4. The van der Waals surface area contributed by atoms with Crippen molar-refractivity contribution >= 4 is 5.97 Å². The van der Waals surface area contributed by atoms with Crippen molar-refractivity contribution in [3.63, 3.8) is 0 Å². The lowest BCUT2D eigenvalue weighted by Crippen LogP contribution is -2.49. The van der Waals surface area contributed by atoms with Crippen molar-refractivity contribution in [2.75, 3.05) is 6.54 Å². The Balaban J connectivity index is 0.000000336. The summed E-state index contributed by atoms with van der Waals surface area (Å²) >= 11 is 0. The van der Waals surface area contributed by atoms with Gasteiger partial charge < -0.3 is 16.0 Å². The van der Waals surface area contributed by atoms with Gasteiger partial charge >= 0.3 is 5.97 Å². The number of carboxylic acids is 1. The fraction of sp³-hybridized carbons (Fsp3) is 0.900. The van der Waals surface area contributed by atoms with Crippen LogP contribution in [0.4, 0.5) is 0 Å². The smallest absolute Gasteiger partial charge is 0.323 e. The van der Waals surface area contributed by atoms with Crippen LogP contribution in [-0.4, -0.2) is 28.4 Å². The minimum atomic E-state index is -0.931. The van der Waals surface area contributed by atoms with Crippen LogP contribution in [0.2, 0.25) is 0 Å². The summed E-state index contributed by atoms with van der Waals surface area (Å²) in [4.78, 5) is 10.6. The molecule has 0 heterocycles. The Labute approximate surface area is 90.6 Å². The first kappa shape index (κ1) is 14.3. The monoisotopic (exact) mass is 218 g/mol. The Morgan fingerprint density at radius 1 is 1.67 bits per heavy atom. The van der Waals surface area contributed by atoms with E-state index < -0.39 is 11.5 Å². The summed E-state index contributed by atoms with van der Waals surface area (Å²) in [6, 6.07) is 0. The molecule has 2 atom stereocenters. The first-order chi connectivity index (χ1) is 6.99. The number of carboxylic acid groups (broad SMARTS) is 1. The van der Waals surface area contributed by atoms with Crippen LogP contribution in [0, 0.1) is 5.92 Å². The van der Waals surface area contributed by atoms with E-state index in [9.17, 15) is 4.79 Å². The molecule has 0 aliphatic heterocycles.